The molecule has 4 aromatic rings. The molecule has 0 spiro atoms. The topological polar surface area (TPSA) is 80.7 Å². The van der Waals surface area contributed by atoms with E-state index in [4.69, 9.17) is 0 Å². The minimum Gasteiger partial charge on any atom is -0.300 e. The van der Waals surface area contributed by atoms with Gasteiger partial charge in [-0.2, -0.15) is 0 Å². The van der Waals surface area contributed by atoms with E-state index in [1.807, 2.05) is 32.0 Å². The number of thioether (sulfide) groups is 1. The van der Waals surface area contributed by atoms with Gasteiger partial charge in [0.2, 0.25) is 11.0 Å². The third-order valence-corrected chi connectivity index (χ3v) is 7.05. The van der Waals surface area contributed by atoms with Gasteiger partial charge >= 0.3 is 0 Å². The predicted octanol–water partition coefficient (Wildman–Crippen LogP) is 4.89. The number of thiophene rings is 1. The van der Waals surface area contributed by atoms with E-state index in [0.29, 0.717) is 5.13 Å². The van der Waals surface area contributed by atoms with Crippen molar-refractivity contribution in [2.24, 2.45) is 0 Å². The molecule has 3 aromatic heterocycles. The average Bonchev–Trinajstić information content (AvgIpc) is 3.36. The summed E-state index contributed by atoms with van der Waals surface area (Å²) < 4.78 is 0. The van der Waals surface area contributed by atoms with Gasteiger partial charge in [0.15, 0.2) is 0 Å². The highest BCUT2D eigenvalue weighted by atomic mass is 32.2. The molecule has 1 atom stereocenters. The first-order chi connectivity index (χ1) is 13.7. The standard InChI is InChI=1S/C19H17N5OS3/c1-3-14-23-24-19(28-14)22-16(25)11(2)27-18-15-13(12-7-5-4-6-8-12)9-26-17(15)20-10-21-18/h4-11H,3H2,1-2H3,(H,22,24,25). The van der Waals surface area contributed by atoms with Crippen molar-refractivity contribution in [1.82, 2.24) is 20.2 Å². The van der Waals surface area contributed by atoms with Gasteiger partial charge in [-0.25, -0.2) is 9.97 Å². The monoisotopic (exact) mass is 427 g/mol. The lowest BCUT2D eigenvalue weighted by atomic mass is 10.1. The van der Waals surface area contributed by atoms with Crippen LogP contribution in [-0.4, -0.2) is 31.3 Å². The summed E-state index contributed by atoms with van der Waals surface area (Å²) in [6.45, 7) is 3.88. The average molecular weight is 428 g/mol. The van der Waals surface area contributed by atoms with Crippen LogP contribution in [-0.2, 0) is 11.2 Å². The molecule has 0 radical (unpaired) electrons. The minimum absolute atomic E-state index is 0.118. The molecular weight excluding hydrogens is 410 g/mol. The van der Waals surface area contributed by atoms with Crippen LogP contribution in [0.4, 0.5) is 5.13 Å². The molecule has 0 aliphatic rings. The summed E-state index contributed by atoms with van der Waals surface area (Å²) >= 11 is 4.41. The van der Waals surface area contributed by atoms with E-state index in [0.717, 1.165) is 37.8 Å². The van der Waals surface area contributed by atoms with Gasteiger partial charge in [0.1, 0.15) is 21.2 Å². The number of anilines is 1. The molecule has 1 aromatic carbocycles. The van der Waals surface area contributed by atoms with E-state index in [1.165, 1.54) is 23.1 Å². The molecule has 9 heteroatoms. The molecule has 0 saturated heterocycles. The van der Waals surface area contributed by atoms with Crippen LogP contribution < -0.4 is 5.32 Å². The van der Waals surface area contributed by atoms with Crippen molar-refractivity contribution >= 4 is 55.7 Å². The first-order valence-electron chi connectivity index (χ1n) is 8.73. The highest BCUT2D eigenvalue weighted by Gasteiger charge is 2.20. The van der Waals surface area contributed by atoms with Crippen LogP contribution in [0.3, 0.4) is 0 Å². The SMILES string of the molecule is CCc1nnc(NC(=O)C(C)Sc2ncnc3scc(-c4ccccc4)c23)s1. The van der Waals surface area contributed by atoms with E-state index < -0.39 is 0 Å². The predicted molar refractivity (Wildman–Crippen MR) is 116 cm³/mol. The van der Waals surface area contributed by atoms with Crippen molar-refractivity contribution in [2.45, 2.75) is 30.5 Å². The minimum atomic E-state index is -0.337. The smallest absolute Gasteiger partial charge is 0.239 e. The third-order valence-electron chi connectivity index (χ3n) is 4.08. The van der Waals surface area contributed by atoms with Gasteiger partial charge in [-0.15, -0.1) is 21.5 Å². The summed E-state index contributed by atoms with van der Waals surface area (Å²) in [6.07, 6.45) is 2.36. The molecule has 3 heterocycles. The highest BCUT2D eigenvalue weighted by Crippen LogP contribution is 2.39. The molecular formula is C19H17N5OS3. The Morgan fingerprint density at radius 3 is 2.79 bits per heavy atom. The van der Waals surface area contributed by atoms with Gasteiger partial charge in [-0.3, -0.25) is 10.1 Å². The number of aryl methyl sites for hydroxylation is 1. The Kier molecular flexibility index (Phi) is 5.65. The maximum atomic E-state index is 12.6. The summed E-state index contributed by atoms with van der Waals surface area (Å²) in [5, 5.41) is 15.9. The first-order valence-corrected chi connectivity index (χ1v) is 11.3. The van der Waals surface area contributed by atoms with Crippen molar-refractivity contribution < 1.29 is 4.79 Å². The maximum Gasteiger partial charge on any atom is 0.239 e. The molecule has 1 N–H and O–H groups in total. The van der Waals surface area contributed by atoms with Gasteiger partial charge in [0.05, 0.1) is 10.6 Å². The fourth-order valence-electron chi connectivity index (χ4n) is 2.64. The van der Waals surface area contributed by atoms with Gasteiger partial charge in [0, 0.05) is 10.9 Å². The van der Waals surface area contributed by atoms with Crippen molar-refractivity contribution in [1.29, 1.82) is 0 Å². The number of hydrogen-bond donors (Lipinski definition) is 1. The number of nitrogens with one attached hydrogen (secondary N) is 1. The Hall–Kier alpha value is -2.36. The lowest BCUT2D eigenvalue weighted by molar-refractivity contribution is -0.115. The lowest BCUT2D eigenvalue weighted by Gasteiger charge is -2.11. The second kappa shape index (κ2) is 8.34. The molecule has 0 bridgehead atoms. The summed E-state index contributed by atoms with van der Waals surface area (Å²) in [5.74, 6) is -0.118. The van der Waals surface area contributed by atoms with E-state index in [-0.39, 0.29) is 11.2 Å². The zero-order valence-electron chi connectivity index (χ0n) is 15.2. The van der Waals surface area contributed by atoms with Crippen molar-refractivity contribution in [3.8, 4) is 11.1 Å². The van der Waals surface area contributed by atoms with Crippen LogP contribution in [0.25, 0.3) is 21.3 Å². The van der Waals surface area contributed by atoms with E-state index in [1.54, 1.807) is 17.7 Å². The number of hydrogen-bond acceptors (Lipinski definition) is 8. The summed E-state index contributed by atoms with van der Waals surface area (Å²) in [4.78, 5) is 22.4. The molecule has 1 amide bonds. The van der Waals surface area contributed by atoms with Gasteiger partial charge < -0.3 is 0 Å². The number of nitrogens with zero attached hydrogens (tertiary/aromatic N) is 4. The quantitative estimate of drug-likeness (QED) is 0.348. The number of carbonyl (C=O) groups is 1. The Bertz CT molecular complexity index is 1110. The fourth-order valence-corrected chi connectivity index (χ4v) is 5.24. The van der Waals surface area contributed by atoms with Crippen molar-refractivity contribution in [3.05, 3.63) is 47.0 Å². The first kappa shape index (κ1) is 19.0. The molecule has 4 rings (SSSR count). The van der Waals surface area contributed by atoms with Crippen LogP contribution in [0.5, 0.6) is 0 Å². The number of amides is 1. The van der Waals surface area contributed by atoms with E-state index in [2.05, 4.69) is 43.0 Å². The number of aromatic nitrogens is 4. The summed E-state index contributed by atoms with van der Waals surface area (Å²) in [7, 11) is 0. The number of rotatable bonds is 6. The molecule has 0 saturated carbocycles. The Morgan fingerprint density at radius 1 is 1.21 bits per heavy atom. The Labute approximate surface area is 174 Å². The fraction of sp³-hybridized carbons (Fsp3) is 0.211. The molecule has 142 valence electrons. The molecule has 0 aliphatic heterocycles. The van der Waals surface area contributed by atoms with E-state index in [9.17, 15) is 4.79 Å². The number of fused-ring (bicyclic) bond motifs is 1. The molecule has 6 nitrogen and oxygen atoms in total. The van der Waals surface area contributed by atoms with Gasteiger partial charge in [-0.05, 0) is 18.9 Å². The third kappa shape index (κ3) is 3.91. The largest absolute Gasteiger partial charge is 0.300 e. The normalized spacial score (nSPS) is 12.2. The van der Waals surface area contributed by atoms with Crippen LogP contribution in [0.15, 0.2) is 47.1 Å². The molecule has 1 unspecified atom stereocenters. The Morgan fingerprint density at radius 2 is 2.04 bits per heavy atom. The number of carbonyl (C=O) groups excluding carboxylic acids is 1. The lowest BCUT2D eigenvalue weighted by Crippen LogP contribution is -2.22. The summed E-state index contributed by atoms with van der Waals surface area (Å²) in [6, 6.07) is 10.2. The van der Waals surface area contributed by atoms with Gasteiger partial charge in [0.25, 0.3) is 0 Å². The van der Waals surface area contributed by atoms with Crippen molar-refractivity contribution in [2.75, 3.05) is 5.32 Å². The van der Waals surface area contributed by atoms with Crippen molar-refractivity contribution in [3.63, 3.8) is 0 Å². The zero-order valence-corrected chi connectivity index (χ0v) is 17.7. The second-order valence-corrected chi connectivity index (χ2v) is 9.23. The van der Waals surface area contributed by atoms with Crippen LogP contribution in [0, 0.1) is 0 Å². The van der Waals surface area contributed by atoms with E-state index >= 15 is 0 Å². The molecule has 0 aliphatic carbocycles. The van der Waals surface area contributed by atoms with Crippen LogP contribution >= 0.6 is 34.4 Å². The molecule has 28 heavy (non-hydrogen) atoms. The van der Waals surface area contributed by atoms with Crippen LogP contribution in [0.1, 0.15) is 18.9 Å². The maximum absolute atomic E-state index is 12.6. The zero-order chi connectivity index (χ0) is 19.5. The second-order valence-electron chi connectivity index (χ2n) is 5.98. The summed E-state index contributed by atoms with van der Waals surface area (Å²) in [5.41, 5.74) is 2.21. The Balaban J connectivity index is 1.58. The highest BCUT2D eigenvalue weighted by molar-refractivity contribution is 8.00. The molecule has 0 fully saturated rings. The number of benzene rings is 1. The van der Waals surface area contributed by atoms with Gasteiger partial charge in [-0.1, -0.05) is 60.4 Å². The van der Waals surface area contributed by atoms with Crippen LogP contribution in [0.2, 0.25) is 0 Å².